The molecule has 0 spiro atoms. The van der Waals surface area contributed by atoms with Gasteiger partial charge in [-0.2, -0.15) is 10.4 Å². The van der Waals surface area contributed by atoms with Crippen molar-refractivity contribution >= 4 is 29.0 Å². The molecule has 1 N–H and O–H groups in total. The van der Waals surface area contributed by atoms with Crippen LogP contribution in [0.4, 0.5) is 5.69 Å². The number of rotatable bonds is 3. The number of hydrogen-bond acceptors (Lipinski definition) is 5. The number of benzene rings is 2. The molecule has 0 fully saturated rings. The van der Waals surface area contributed by atoms with Crippen LogP contribution in [0.15, 0.2) is 64.3 Å². The number of hydrazone groups is 1. The van der Waals surface area contributed by atoms with Crippen molar-refractivity contribution in [2.75, 3.05) is 5.01 Å². The molecule has 0 bridgehead atoms. The van der Waals surface area contributed by atoms with Crippen molar-refractivity contribution in [3.8, 4) is 6.07 Å². The molecule has 5 rings (SSSR count). The van der Waals surface area contributed by atoms with E-state index in [0.717, 1.165) is 41.1 Å². The fraction of sp³-hybridized carbons (Fsp3) is 0.174. The van der Waals surface area contributed by atoms with Gasteiger partial charge in [0, 0.05) is 11.5 Å². The zero-order valence-electron chi connectivity index (χ0n) is 15.7. The van der Waals surface area contributed by atoms with Crippen molar-refractivity contribution in [2.24, 2.45) is 11.0 Å². The number of nitriles is 1. The number of halogens is 1. The molecule has 148 valence electrons. The summed E-state index contributed by atoms with van der Waals surface area (Å²) in [6, 6.07) is 16.2. The molecule has 30 heavy (non-hydrogen) atoms. The van der Waals surface area contributed by atoms with Gasteiger partial charge in [-0.15, -0.1) is 0 Å². The second-order valence-corrected chi connectivity index (χ2v) is 7.80. The summed E-state index contributed by atoms with van der Waals surface area (Å²) in [4.78, 5) is 11.4. The van der Waals surface area contributed by atoms with Gasteiger partial charge in [0.25, 0.3) is 0 Å². The van der Waals surface area contributed by atoms with Crippen molar-refractivity contribution in [3.05, 3.63) is 87.8 Å². The molecule has 0 saturated heterocycles. The molecule has 0 saturated carbocycles. The summed E-state index contributed by atoms with van der Waals surface area (Å²) in [6.45, 7) is 0. The Bertz CT molecular complexity index is 1230. The SMILES string of the molecule is N#Cc1ccc(N2N=C3c4ccc(C(=O)O)cc4CC[C@@H]3[C@@H]2c2ccco2)cc1Cl. The number of aryl methyl sites for hydroxylation is 1. The molecule has 6 nitrogen and oxygen atoms in total. The van der Waals surface area contributed by atoms with Crippen LogP contribution in [0, 0.1) is 17.2 Å². The molecule has 0 unspecified atom stereocenters. The number of aromatic carboxylic acids is 1. The third kappa shape index (κ3) is 2.87. The average Bonchev–Trinajstić information content (AvgIpc) is 3.40. The van der Waals surface area contributed by atoms with E-state index < -0.39 is 5.97 Å². The number of furan rings is 1. The average molecular weight is 418 g/mol. The van der Waals surface area contributed by atoms with Gasteiger partial charge in [0.05, 0.1) is 33.8 Å². The predicted molar refractivity (Wildman–Crippen MR) is 112 cm³/mol. The third-order valence-corrected chi connectivity index (χ3v) is 6.05. The van der Waals surface area contributed by atoms with Gasteiger partial charge >= 0.3 is 5.97 Å². The Morgan fingerprint density at radius 1 is 1.27 bits per heavy atom. The summed E-state index contributed by atoms with van der Waals surface area (Å²) < 4.78 is 5.75. The van der Waals surface area contributed by atoms with E-state index >= 15 is 0 Å². The van der Waals surface area contributed by atoms with Gasteiger partial charge in [0.15, 0.2) is 0 Å². The molecule has 2 atom stereocenters. The van der Waals surface area contributed by atoms with E-state index in [0.29, 0.717) is 10.6 Å². The maximum Gasteiger partial charge on any atom is 0.335 e. The van der Waals surface area contributed by atoms with Gasteiger partial charge in [-0.3, -0.25) is 5.01 Å². The van der Waals surface area contributed by atoms with E-state index in [1.165, 1.54) is 0 Å². The first-order valence-electron chi connectivity index (χ1n) is 9.54. The molecule has 7 heteroatoms. The third-order valence-electron chi connectivity index (χ3n) is 5.74. The first kappa shape index (κ1) is 18.5. The number of carbonyl (C=O) groups is 1. The van der Waals surface area contributed by atoms with E-state index in [-0.39, 0.29) is 17.5 Å². The van der Waals surface area contributed by atoms with Crippen molar-refractivity contribution in [3.63, 3.8) is 0 Å². The fourth-order valence-electron chi connectivity index (χ4n) is 4.35. The van der Waals surface area contributed by atoms with E-state index in [2.05, 4.69) is 6.07 Å². The highest BCUT2D eigenvalue weighted by Crippen LogP contribution is 2.46. The van der Waals surface area contributed by atoms with Crippen molar-refractivity contribution < 1.29 is 14.3 Å². The normalized spacial score (nSPS) is 19.6. The van der Waals surface area contributed by atoms with Gasteiger partial charge in [-0.05, 0) is 60.9 Å². The number of carboxylic acid groups (broad SMARTS) is 1. The van der Waals surface area contributed by atoms with Gasteiger partial charge in [0.1, 0.15) is 17.9 Å². The van der Waals surface area contributed by atoms with E-state index in [4.69, 9.17) is 21.1 Å². The van der Waals surface area contributed by atoms with Gasteiger partial charge < -0.3 is 9.52 Å². The predicted octanol–water partition coefficient (Wildman–Crippen LogP) is 5.03. The number of nitrogens with zero attached hydrogens (tertiary/aromatic N) is 3. The summed E-state index contributed by atoms with van der Waals surface area (Å²) >= 11 is 6.28. The second kappa shape index (κ2) is 7.05. The highest BCUT2D eigenvalue weighted by Gasteiger charge is 2.43. The first-order chi connectivity index (χ1) is 14.6. The highest BCUT2D eigenvalue weighted by molar-refractivity contribution is 6.32. The molecular weight excluding hydrogens is 402 g/mol. The smallest absolute Gasteiger partial charge is 0.335 e. The molecule has 3 aromatic rings. The van der Waals surface area contributed by atoms with Crippen LogP contribution in [0.2, 0.25) is 5.02 Å². The summed E-state index contributed by atoms with van der Waals surface area (Å²) in [7, 11) is 0. The number of carboxylic acids is 1. The Kier molecular flexibility index (Phi) is 4.34. The lowest BCUT2D eigenvalue weighted by molar-refractivity contribution is 0.0696. The highest BCUT2D eigenvalue weighted by atomic mass is 35.5. The number of anilines is 1. The largest absolute Gasteiger partial charge is 0.478 e. The zero-order valence-corrected chi connectivity index (χ0v) is 16.5. The molecule has 0 radical (unpaired) electrons. The van der Waals surface area contributed by atoms with E-state index in [9.17, 15) is 15.2 Å². The van der Waals surface area contributed by atoms with E-state index in [1.807, 2.05) is 29.3 Å². The number of hydrogen-bond donors (Lipinski definition) is 1. The topological polar surface area (TPSA) is 89.8 Å². The van der Waals surface area contributed by atoms with Crippen LogP contribution in [-0.2, 0) is 6.42 Å². The van der Waals surface area contributed by atoms with Crippen LogP contribution in [-0.4, -0.2) is 16.8 Å². The minimum atomic E-state index is -0.935. The first-order valence-corrected chi connectivity index (χ1v) is 9.92. The van der Waals surface area contributed by atoms with Gasteiger partial charge in [-0.1, -0.05) is 17.7 Å². The summed E-state index contributed by atoms with van der Waals surface area (Å²) in [5, 5.41) is 25.7. The molecule has 2 heterocycles. The number of fused-ring (bicyclic) bond motifs is 3. The lowest BCUT2D eigenvalue weighted by atomic mass is 9.78. The van der Waals surface area contributed by atoms with Crippen LogP contribution in [0.1, 0.15) is 45.3 Å². The van der Waals surface area contributed by atoms with Crippen molar-refractivity contribution in [2.45, 2.75) is 18.9 Å². The lowest BCUT2D eigenvalue weighted by Gasteiger charge is -2.29. The molecule has 2 aliphatic rings. The molecule has 2 aromatic carbocycles. The van der Waals surface area contributed by atoms with Gasteiger partial charge in [-0.25, -0.2) is 4.79 Å². The van der Waals surface area contributed by atoms with Crippen molar-refractivity contribution in [1.29, 1.82) is 5.26 Å². The van der Waals surface area contributed by atoms with Crippen LogP contribution in [0.25, 0.3) is 0 Å². The Labute approximate surface area is 177 Å². The van der Waals surface area contributed by atoms with Crippen LogP contribution in [0.3, 0.4) is 0 Å². The maximum absolute atomic E-state index is 11.4. The van der Waals surface area contributed by atoms with Crippen molar-refractivity contribution in [1.82, 2.24) is 0 Å². The second-order valence-electron chi connectivity index (χ2n) is 7.39. The molecule has 0 amide bonds. The Morgan fingerprint density at radius 3 is 2.83 bits per heavy atom. The van der Waals surface area contributed by atoms with Crippen LogP contribution in [0.5, 0.6) is 0 Å². The Morgan fingerprint density at radius 2 is 2.13 bits per heavy atom. The maximum atomic E-state index is 11.4. The zero-order chi connectivity index (χ0) is 20.8. The van der Waals surface area contributed by atoms with Gasteiger partial charge in [0.2, 0.25) is 0 Å². The summed E-state index contributed by atoms with van der Waals surface area (Å²) in [6.07, 6.45) is 3.23. The summed E-state index contributed by atoms with van der Waals surface area (Å²) in [5.41, 5.74) is 4.33. The monoisotopic (exact) mass is 417 g/mol. The molecule has 1 aliphatic carbocycles. The van der Waals surface area contributed by atoms with Crippen LogP contribution < -0.4 is 5.01 Å². The standard InChI is InChI=1S/C23H16ClN3O3/c24-19-11-16(6-3-15(19)12-25)27-22(20-2-1-9-30-20)18-8-4-13-10-14(23(28)29)5-7-17(13)21(18)26-27/h1-3,5-7,9-11,18,22H,4,8H2,(H,28,29)/t18-,22+/m0/s1. The minimum absolute atomic E-state index is 0.0914. The van der Waals surface area contributed by atoms with E-state index in [1.54, 1.807) is 30.5 Å². The quantitative estimate of drug-likeness (QED) is 0.645. The van der Waals surface area contributed by atoms with Crippen LogP contribution >= 0.6 is 11.6 Å². The Balaban J connectivity index is 1.63. The molecule has 1 aromatic heterocycles. The Hall–Kier alpha value is -3.56. The molecular formula is C23H16ClN3O3. The minimum Gasteiger partial charge on any atom is -0.478 e. The summed E-state index contributed by atoms with van der Waals surface area (Å²) in [5.74, 6) is -0.0471. The molecule has 1 aliphatic heterocycles. The lowest BCUT2D eigenvalue weighted by Crippen LogP contribution is -2.28. The fourth-order valence-corrected chi connectivity index (χ4v) is 4.57.